The average Bonchev–Trinajstić information content (AvgIpc) is 2.82. The standard InChI is InChI=1S/C11H12O4/c12-4-9-8-1-2-10(3-8,5-13)11(9,6-14)7-15/h4-9H,1-3H2. The minimum Gasteiger partial charge on any atom is -0.303 e. The van der Waals surface area contributed by atoms with Crippen LogP contribution < -0.4 is 0 Å². The summed E-state index contributed by atoms with van der Waals surface area (Å²) < 4.78 is 0. The lowest BCUT2D eigenvalue weighted by Crippen LogP contribution is -2.48. The van der Waals surface area contributed by atoms with Crippen LogP contribution in [-0.4, -0.2) is 25.1 Å². The fourth-order valence-corrected chi connectivity index (χ4v) is 3.39. The largest absolute Gasteiger partial charge is 0.303 e. The van der Waals surface area contributed by atoms with E-state index in [-0.39, 0.29) is 5.92 Å². The third kappa shape index (κ3) is 0.919. The van der Waals surface area contributed by atoms with Crippen LogP contribution in [0.4, 0.5) is 0 Å². The van der Waals surface area contributed by atoms with E-state index in [1.165, 1.54) is 0 Å². The van der Waals surface area contributed by atoms with Crippen molar-refractivity contribution in [3.63, 3.8) is 0 Å². The van der Waals surface area contributed by atoms with Gasteiger partial charge in [-0.05, 0) is 25.2 Å². The van der Waals surface area contributed by atoms with Gasteiger partial charge in [-0.2, -0.15) is 0 Å². The van der Waals surface area contributed by atoms with Crippen molar-refractivity contribution in [3.05, 3.63) is 0 Å². The normalized spacial score (nSPS) is 41.1. The number of aldehydes is 4. The molecule has 2 bridgehead atoms. The first kappa shape index (κ1) is 10.2. The van der Waals surface area contributed by atoms with Crippen molar-refractivity contribution in [2.45, 2.75) is 19.3 Å². The van der Waals surface area contributed by atoms with Crippen molar-refractivity contribution in [1.29, 1.82) is 0 Å². The smallest absolute Gasteiger partial charge is 0.134 e. The first-order chi connectivity index (χ1) is 7.19. The van der Waals surface area contributed by atoms with Gasteiger partial charge in [0.2, 0.25) is 0 Å². The van der Waals surface area contributed by atoms with Gasteiger partial charge in [-0.3, -0.25) is 0 Å². The Morgan fingerprint density at radius 3 is 2.13 bits per heavy atom. The Bertz CT molecular complexity index is 327. The summed E-state index contributed by atoms with van der Waals surface area (Å²) in [5.41, 5.74) is -2.30. The molecule has 2 saturated carbocycles. The van der Waals surface area contributed by atoms with Crippen LogP contribution in [0.15, 0.2) is 0 Å². The van der Waals surface area contributed by atoms with Gasteiger partial charge in [0.1, 0.15) is 30.6 Å². The summed E-state index contributed by atoms with van der Waals surface area (Å²) in [6, 6.07) is 0. The number of fused-ring (bicyclic) bond motifs is 2. The minimum atomic E-state index is -1.39. The van der Waals surface area contributed by atoms with Crippen LogP contribution in [0, 0.1) is 22.7 Å². The number of hydrogen-bond acceptors (Lipinski definition) is 4. The van der Waals surface area contributed by atoms with Crippen LogP contribution in [0.3, 0.4) is 0 Å². The fourth-order valence-electron chi connectivity index (χ4n) is 3.39. The van der Waals surface area contributed by atoms with Gasteiger partial charge < -0.3 is 19.2 Å². The SMILES string of the molecule is O=CC1C2CCC(C=O)(C2)C1(C=O)C=O. The zero-order chi connectivity index (χ0) is 11.1. The molecule has 2 rings (SSSR count). The van der Waals surface area contributed by atoms with Gasteiger partial charge >= 0.3 is 0 Å². The second kappa shape index (κ2) is 3.08. The Balaban J connectivity index is 2.57. The molecule has 0 radical (unpaired) electrons. The van der Waals surface area contributed by atoms with Crippen LogP contribution in [0.25, 0.3) is 0 Å². The van der Waals surface area contributed by atoms with E-state index in [1.54, 1.807) is 0 Å². The van der Waals surface area contributed by atoms with Crippen LogP contribution in [0.2, 0.25) is 0 Å². The molecule has 0 amide bonds. The van der Waals surface area contributed by atoms with E-state index in [0.717, 1.165) is 6.42 Å². The topological polar surface area (TPSA) is 68.3 Å². The summed E-state index contributed by atoms with van der Waals surface area (Å²) in [6.07, 6.45) is 4.18. The third-order valence-electron chi connectivity index (χ3n) is 4.27. The molecule has 0 heterocycles. The molecule has 0 aromatic heterocycles. The molecule has 2 fully saturated rings. The minimum absolute atomic E-state index is 0.0168. The number of carbonyl (C=O) groups is 4. The van der Waals surface area contributed by atoms with E-state index in [2.05, 4.69) is 0 Å². The van der Waals surface area contributed by atoms with Crippen LogP contribution in [-0.2, 0) is 19.2 Å². The van der Waals surface area contributed by atoms with Gasteiger partial charge in [0, 0.05) is 11.3 Å². The van der Waals surface area contributed by atoms with Gasteiger partial charge in [0.05, 0.1) is 0 Å². The lowest BCUT2D eigenvalue weighted by molar-refractivity contribution is -0.147. The Hall–Kier alpha value is -1.32. The molecule has 2 aliphatic rings. The van der Waals surface area contributed by atoms with Crippen molar-refractivity contribution in [2.24, 2.45) is 22.7 Å². The average molecular weight is 208 g/mol. The van der Waals surface area contributed by atoms with E-state index >= 15 is 0 Å². The van der Waals surface area contributed by atoms with Gasteiger partial charge in [-0.15, -0.1) is 0 Å². The molecule has 0 aliphatic heterocycles. The highest BCUT2D eigenvalue weighted by molar-refractivity contribution is 5.95. The van der Waals surface area contributed by atoms with Crippen molar-refractivity contribution in [1.82, 2.24) is 0 Å². The number of carbonyl (C=O) groups excluding carboxylic acids is 4. The van der Waals surface area contributed by atoms with E-state index in [1.807, 2.05) is 0 Å². The third-order valence-corrected chi connectivity index (χ3v) is 4.27. The summed E-state index contributed by atoms with van der Waals surface area (Å²) in [6.45, 7) is 0. The van der Waals surface area contributed by atoms with Crippen molar-refractivity contribution in [3.8, 4) is 0 Å². The quantitative estimate of drug-likeness (QED) is 0.488. The maximum Gasteiger partial charge on any atom is 0.134 e. The summed E-state index contributed by atoms with van der Waals surface area (Å²) >= 11 is 0. The molecule has 0 aromatic rings. The molecule has 0 spiro atoms. The molecular formula is C11H12O4. The molecule has 3 atom stereocenters. The first-order valence-electron chi connectivity index (χ1n) is 5.04. The van der Waals surface area contributed by atoms with E-state index in [0.29, 0.717) is 38.0 Å². The Labute approximate surface area is 87.0 Å². The monoisotopic (exact) mass is 208 g/mol. The molecule has 4 heteroatoms. The Morgan fingerprint density at radius 2 is 1.67 bits per heavy atom. The molecule has 15 heavy (non-hydrogen) atoms. The second-order valence-corrected chi connectivity index (χ2v) is 4.61. The van der Waals surface area contributed by atoms with Gasteiger partial charge in [-0.25, -0.2) is 0 Å². The van der Waals surface area contributed by atoms with Crippen molar-refractivity contribution >= 4 is 25.1 Å². The highest BCUT2D eigenvalue weighted by Crippen LogP contribution is 2.64. The molecule has 2 aliphatic carbocycles. The predicted octanol–water partition coefficient (Wildman–Crippen LogP) is 0.185. The maximum atomic E-state index is 11.1. The molecular weight excluding hydrogens is 196 g/mol. The lowest BCUT2D eigenvalue weighted by Gasteiger charge is -2.37. The van der Waals surface area contributed by atoms with Crippen LogP contribution in [0.1, 0.15) is 19.3 Å². The predicted molar refractivity (Wildman–Crippen MR) is 50.0 cm³/mol. The van der Waals surface area contributed by atoms with Crippen LogP contribution >= 0.6 is 0 Å². The summed E-state index contributed by atoms with van der Waals surface area (Å²) in [5.74, 6) is -0.588. The van der Waals surface area contributed by atoms with Crippen molar-refractivity contribution in [2.75, 3.05) is 0 Å². The Kier molecular flexibility index (Phi) is 2.10. The molecule has 0 N–H and O–H groups in total. The molecule has 0 saturated heterocycles. The van der Waals surface area contributed by atoms with Gasteiger partial charge in [-0.1, -0.05) is 0 Å². The highest BCUT2D eigenvalue weighted by Gasteiger charge is 2.67. The molecule has 3 unspecified atom stereocenters. The lowest BCUT2D eigenvalue weighted by atomic mass is 9.60. The summed E-state index contributed by atoms with van der Waals surface area (Å²) in [4.78, 5) is 44.4. The zero-order valence-electron chi connectivity index (χ0n) is 8.22. The number of hydrogen-bond donors (Lipinski definition) is 0. The molecule has 0 aromatic carbocycles. The first-order valence-corrected chi connectivity index (χ1v) is 5.04. The van der Waals surface area contributed by atoms with Crippen LogP contribution in [0.5, 0.6) is 0 Å². The summed E-state index contributed by atoms with van der Waals surface area (Å²) in [5, 5.41) is 0. The maximum absolute atomic E-state index is 11.1. The van der Waals surface area contributed by atoms with Gasteiger partial charge in [0.25, 0.3) is 0 Å². The highest BCUT2D eigenvalue weighted by atomic mass is 16.1. The number of rotatable bonds is 4. The summed E-state index contributed by atoms with van der Waals surface area (Å²) in [7, 11) is 0. The van der Waals surface area contributed by atoms with E-state index in [4.69, 9.17) is 0 Å². The van der Waals surface area contributed by atoms with Crippen molar-refractivity contribution < 1.29 is 19.2 Å². The molecule has 4 nitrogen and oxygen atoms in total. The fraction of sp³-hybridized carbons (Fsp3) is 0.636. The zero-order valence-corrected chi connectivity index (χ0v) is 8.22. The molecule has 80 valence electrons. The second-order valence-electron chi connectivity index (χ2n) is 4.61. The van der Waals surface area contributed by atoms with E-state index in [9.17, 15) is 19.2 Å². The van der Waals surface area contributed by atoms with E-state index < -0.39 is 16.7 Å². The Morgan fingerprint density at radius 1 is 1.00 bits per heavy atom. The van der Waals surface area contributed by atoms with Gasteiger partial charge in [0.15, 0.2) is 0 Å².